The van der Waals surface area contributed by atoms with E-state index in [4.69, 9.17) is 0 Å². The molecular formula is C10H12NS2+. The molecule has 0 spiro atoms. The molecule has 0 fully saturated rings. The minimum atomic E-state index is 1.11. The lowest BCUT2D eigenvalue weighted by molar-refractivity contribution is -0.685. The van der Waals surface area contributed by atoms with Crippen LogP contribution in [0.1, 0.15) is 9.75 Å². The van der Waals surface area contributed by atoms with Gasteiger partial charge >= 0.3 is 0 Å². The fourth-order valence-electron chi connectivity index (χ4n) is 1.21. The van der Waals surface area contributed by atoms with Crippen molar-refractivity contribution in [2.24, 2.45) is 0 Å². The predicted molar refractivity (Wildman–Crippen MR) is 58.0 cm³/mol. The normalized spacial score (nSPS) is 10.5. The van der Waals surface area contributed by atoms with E-state index in [-0.39, 0.29) is 0 Å². The topological polar surface area (TPSA) is 16.6 Å². The van der Waals surface area contributed by atoms with E-state index in [1.165, 1.54) is 9.75 Å². The van der Waals surface area contributed by atoms with Crippen molar-refractivity contribution in [2.45, 2.75) is 13.1 Å². The van der Waals surface area contributed by atoms with Gasteiger partial charge in [0.25, 0.3) is 0 Å². The Hall–Kier alpha value is -0.640. The van der Waals surface area contributed by atoms with E-state index in [0.29, 0.717) is 0 Å². The summed E-state index contributed by atoms with van der Waals surface area (Å²) in [5, 5.41) is 6.61. The van der Waals surface area contributed by atoms with Crippen LogP contribution < -0.4 is 5.32 Å². The maximum atomic E-state index is 2.34. The summed E-state index contributed by atoms with van der Waals surface area (Å²) < 4.78 is 0. The second-order valence-electron chi connectivity index (χ2n) is 2.86. The van der Waals surface area contributed by atoms with Crippen molar-refractivity contribution >= 4 is 22.7 Å². The van der Waals surface area contributed by atoms with Crippen LogP contribution in [0.5, 0.6) is 0 Å². The maximum absolute atomic E-state index is 2.34. The van der Waals surface area contributed by atoms with Gasteiger partial charge in [-0.15, -0.1) is 22.7 Å². The Morgan fingerprint density at radius 1 is 0.923 bits per heavy atom. The summed E-state index contributed by atoms with van der Waals surface area (Å²) >= 11 is 3.66. The predicted octanol–water partition coefficient (Wildman–Crippen LogP) is 2.07. The van der Waals surface area contributed by atoms with Gasteiger partial charge < -0.3 is 5.32 Å². The van der Waals surface area contributed by atoms with Crippen molar-refractivity contribution in [1.82, 2.24) is 0 Å². The van der Waals surface area contributed by atoms with Gasteiger partial charge in [-0.1, -0.05) is 12.1 Å². The molecule has 0 aliphatic carbocycles. The van der Waals surface area contributed by atoms with Crippen molar-refractivity contribution in [3.05, 3.63) is 44.8 Å². The molecule has 2 aromatic rings. The molecule has 0 saturated heterocycles. The lowest BCUT2D eigenvalue weighted by atomic mass is 10.4. The molecular weight excluding hydrogens is 198 g/mol. The average Bonchev–Trinajstić information content (AvgIpc) is 2.75. The molecule has 0 bridgehead atoms. The third-order valence-electron chi connectivity index (χ3n) is 1.85. The van der Waals surface area contributed by atoms with Crippen LogP contribution in [0.3, 0.4) is 0 Å². The first-order valence-corrected chi connectivity index (χ1v) is 6.07. The highest BCUT2D eigenvalue weighted by Gasteiger charge is 1.97. The molecule has 0 radical (unpaired) electrons. The van der Waals surface area contributed by atoms with E-state index in [2.05, 4.69) is 40.3 Å². The standard InChI is InChI=1S/C10H11NS2/c1-3-9(12-5-1)7-11-8-10-4-2-6-13-10/h1-6,11H,7-8H2/p+1. The van der Waals surface area contributed by atoms with Gasteiger partial charge in [0.1, 0.15) is 13.1 Å². The van der Waals surface area contributed by atoms with Crippen LogP contribution >= 0.6 is 22.7 Å². The number of rotatable bonds is 4. The summed E-state index contributed by atoms with van der Waals surface area (Å²) in [6.07, 6.45) is 0. The molecule has 0 aromatic carbocycles. The molecule has 0 saturated carbocycles. The highest BCUT2D eigenvalue weighted by atomic mass is 32.1. The fourth-order valence-corrected chi connectivity index (χ4v) is 2.62. The van der Waals surface area contributed by atoms with Crippen molar-refractivity contribution in [3.63, 3.8) is 0 Å². The zero-order valence-corrected chi connectivity index (χ0v) is 8.91. The van der Waals surface area contributed by atoms with E-state index in [0.717, 1.165) is 13.1 Å². The van der Waals surface area contributed by atoms with Crippen LogP contribution in [-0.2, 0) is 13.1 Å². The van der Waals surface area contributed by atoms with Crippen molar-refractivity contribution in [1.29, 1.82) is 0 Å². The molecule has 0 atom stereocenters. The van der Waals surface area contributed by atoms with Crippen LogP contribution in [0.15, 0.2) is 35.0 Å². The molecule has 0 amide bonds. The molecule has 13 heavy (non-hydrogen) atoms. The summed E-state index contributed by atoms with van der Waals surface area (Å²) in [6, 6.07) is 8.60. The molecule has 0 aliphatic rings. The Kier molecular flexibility index (Phi) is 3.13. The van der Waals surface area contributed by atoms with E-state index >= 15 is 0 Å². The highest BCUT2D eigenvalue weighted by molar-refractivity contribution is 7.10. The molecule has 2 heterocycles. The second kappa shape index (κ2) is 4.56. The molecule has 2 rings (SSSR count). The summed E-state index contributed by atoms with van der Waals surface area (Å²) in [7, 11) is 0. The van der Waals surface area contributed by atoms with Gasteiger partial charge in [0.05, 0.1) is 9.75 Å². The quantitative estimate of drug-likeness (QED) is 0.795. The van der Waals surface area contributed by atoms with Crippen LogP contribution in [-0.4, -0.2) is 0 Å². The summed E-state index contributed by atoms with van der Waals surface area (Å²) in [4.78, 5) is 2.91. The van der Waals surface area contributed by atoms with Crippen LogP contribution in [0.25, 0.3) is 0 Å². The number of quaternary nitrogens is 1. The smallest absolute Gasteiger partial charge is 0.111 e. The number of nitrogens with two attached hydrogens (primary N) is 1. The van der Waals surface area contributed by atoms with Gasteiger partial charge in [-0.25, -0.2) is 0 Å². The van der Waals surface area contributed by atoms with E-state index < -0.39 is 0 Å². The largest absolute Gasteiger partial charge is 0.337 e. The molecule has 1 nitrogen and oxygen atoms in total. The Bertz CT molecular complexity index is 289. The Morgan fingerprint density at radius 2 is 1.46 bits per heavy atom. The van der Waals surface area contributed by atoms with Gasteiger partial charge in [0.2, 0.25) is 0 Å². The third kappa shape index (κ3) is 2.66. The van der Waals surface area contributed by atoms with E-state index in [1.54, 1.807) is 0 Å². The lowest BCUT2D eigenvalue weighted by Crippen LogP contribution is -2.80. The van der Waals surface area contributed by atoms with Gasteiger partial charge in [-0.3, -0.25) is 0 Å². The number of thiophene rings is 2. The van der Waals surface area contributed by atoms with Crippen molar-refractivity contribution in [3.8, 4) is 0 Å². The lowest BCUT2D eigenvalue weighted by Gasteiger charge is -1.96. The molecule has 0 unspecified atom stereocenters. The molecule has 2 N–H and O–H groups in total. The molecule has 3 heteroatoms. The average molecular weight is 210 g/mol. The number of hydrogen-bond donors (Lipinski definition) is 1. The monoisotopic (exact) mass is 210 g/mol. The first-order chi connectivity index (χ1) is 6.45. The molecule has 0 aliphatic heterocycles. The van der Waals surface area contributed by atoms with Crippen LogP contribution in [0, 0.1) is 0 Å². The van der Waals surface area contributed by atoms with E-state index in [9.17, 15) is 0 Å². The fraction of sp³-hybridized carbons (Fsp3) is 0.200. The van der Waals surface area contributed by atoms with E-state index in [1.807, 2.05) is 22.7 Å². The summed E-state index contributed by atoms with van der Waals surface area (Å²) in [6.45, 7) is 2.21. The minimum Gasteiger partial charge on any atom is -0.337 e. The zero-order chi connectivity index (χ0) is 8.93. The van der Waals surface area contributed by atoms with Gasteiger partial charge in [0, 0.05) is 0 Å². The Balaban J connectivity index is 1.76. The first-order valence-electron chi connectivity index (χ1n) is 4.31. The van der Waals surface area contributed by atoms with Gasteiger partial charge in [0.15, 0.2) is 0 Å². The SMILES string of the molecule is c1csc(C[NH2+]Cc2cccs2)c1. The van der Waals surface area contributed by atoms with Crippen LogP contribution in [0.4, 0.5) is 0 Å². The van der Waals surface area contributed by atoms with Gasteiger partial charge in [-0.05, 0) is 22.9 Å². The molecule has 2 aromatic heterocycles. The number of hydrogen-bond acceptors (Lipinski definition) is 2. The highest BCUT2D eigenvalue weighted by Crippen LogP contribution is 2.07. The molecule has 68 valence electrons. The van der Waals surface area contributed by atoms with Gasteiger partial charge in [-0.2, -0.15) is 0 Å². The summed E-state index contributed by atoms with van der Waals surface area (Å²) in [5.74, 6) is 0. The second-order valence-corrected chi connectivity index (χ2v) is 4.92. The third-order valence-corrected chi connectivity index (χ3v) is 3.65. The van der Waals surface area contributed by atoms with Crippen molar-refractivity contribution in [2.75, 3.05) is 0 Å². The van der Waals surface area contributed by atoms with Crippen molar-refractivity contribution < 1.29 is 5.32 Å². The van der Waals surface area contributed by atoms with Crippen LogP contribution in [0.2, 0.25) is 0 Å². The first kappa shape index (κ1) is 8.94. The zero-order valence-electron chi connectivity index (χ0n) is 7.27. The maximum Gasteiger partial charge on any atom is 0.111 e. The summed E-state index contributed by atoms with van der Waals surface area (Å²) in [5.41, 5.74) is 0. The Morgan fingerprint density at radius 3 is 1.85 bits per heavy atom. The minimum absolute atomic E-state index is 1.11. The Labute approximate surface area is 86.0 Å².